The molecule has 2 aromatic rings. The summed E-state index contributed by atoms with van der Waals surface area (Å²) in [7, 11) is 0. The number of nitrogens with zero attached hydrogens (tertiary/aromatic N) is 4. The molecule has 1 aromatic carbocycles. The standard InChI is InChI=1S/C14H18N4O2/c1-4-7-20-13-6-5-12(14(19)8-13)9-15-18-10(2)16-17-11(18)3/h5-6,8-9,19H,4,7H2,1-3H3. The van der Waals surface area contributed by atoms with Crippen LogP contribution in [0.2, 0.25) is 0 Å². The van der Waals surface area contributed by atoms with Gasteiger partial charge in [0.2, 0.25) is 0 Å². The van der Waals surface area contributed by atoms with Gasteiger partial charge in [-0.1, -0.05) is 6.92 Å². The zero-order valence-corrected chi connectivity index (χ0v) is 11.9. The number of ether oxygens (including phenoxy) is 1. The van der Waals surface area contributed by atoms with E-state index in [1.165, 1.54) is 0 Å². The Kier molecular flexibility index (Phi) is 4.34. The maximum absolute atomic E-state index is 9.95. The van der Waals surface area contributed by atoms with Crippen LogP contribution in [0.4, 0.5) is 0 Å². The van der Waals surface area contributed by atoms with Gasteiger partial charge >= 0.3 is 0 Å². The molecule has 0 saturated heterocycles. The number of hydrogen-bond donors (Lipinski definition) is 1. The summed E-state index contributed by atoms with van der Waals surface area (Å²) in [5, 5.41) is 22.0. The molecule has 0 fully saturated rings. The fraction of sp³-hybridized carbons (Fsp3) is 0.357. The fourth-order valence-corrected chi connectivity index (χ4v) is 1.69. The minimum Gasteiger partial charge on any atom is -0.507 e. The number of benzene rings is 1. The van der Waals surface area contributed by atoms with Crippen molar-refractivity contribution >= 4 is 6.21 Å². The zero-order valence-electron chi connectivity index (χ0n) is 11.9. The van der Waals surface area contributed by atoms with Crippen molar-refractivity contribution in [2.24, 2.45) is 5.10 Å². The summed E-state index contributed by atoms with van der Waals surface area (Å²) in [6, 6.07) is 5.16. The molecule has 0 aliphatic carbocycles. The molecule has 0 amide bonds. The third kappa shape index (κ3) is 3.14. The van der Waals surface area contributed by atoms with Crippen molar-refractivity contribution in [1.29, 1.82) is 0 Å². The first-order chi connectivity index (χ1) is 9.61. The molecule has 0 atom stereocenters. The number of phenolic OH excluding ortho intramolecular Hbond substituents is 1. The lowest BCUT2D eigenvalue weighted by Crippen LogP contribution is -1.97. The van der Waals surface area contributed by atoms with Gasteiger partial charge < -0.3 is 9.84 Å². The Labute approximate surface area is 117 Å². The Morgan fingerprint density at radius 3 is 2.60 bits per heavy atom. The summed E-state index contributed by atoms with van der Waals surface area (Å²) in [6.07, 6.45) is 2.50. The van der Waals surface area contributed by atoms with Gasteiger partial charge in [-0.05, 0) is 32.4 Å². The van der Waals surface area contributed by atoms with Crippen molar-refractivity contribution in [3.8, 4) is 11.5 Å². The van der Waals surface area contributed by atoms with Gasteiger partial charge in [-0.25, -0.2) is 4.68 Å². The van der Waals surface area contributed by atoms with Crippen molar-refractivity contribution in [1.82, 2.24) is 14.9 Å². The first-order valence-corrected chi connectivity index (χ1v) is 6.50. The summed E-state index contributed by atoms with van der Waals surface area (Å²) in [5.41, 5.74) is 0.612. The predicted octanol–water partition coefficient (Wildman–Crippen LogP) is 2.27. The molecule has 106 valence electrons. The molecule has 20 heavy (non-hydrogen) atoms. The lowest BCUT2D eigenvalue weighted by Gasteiger charge is -2.06. The molecular weight excluding hydrogens is 256 g/mol. The Bertz CT molecular complexity index is 600. The van der Waals surface area contributed by atoms with Gasteiger partial charge in [-0.3, -0.25) is 0 Å². The Hall–Kier alpha value is -2.37. The van der Waals surface area contributed by atoms with Crippen LogP contribution in [0.1, 0.15) is 30.6 Å². The summed E-state index contributed by atoms with van der Waals surface area (Å²) < 4.78 is 7.06. The quantitative estimate of drug-likeness (QED) is 0.849. The highest BCUT2D eigenvalue weighted by atomic mass is 16.5. The van der Waals surface area contributed by atoms with Crippen LogP contribution in [0.5, 0.6) is 11.5 Å². The van der Waals surface area contributed by atoms with E-state index in [4.69, 9.17) is 4.74 Å². The normalized spacial score (nSPS) is 11.2. The molecule has 0 aliphatic heterocycles. The molecule has 2 rings (SSSR count). The van der Waals surface area contributed by atoms with Gasteiger partial charge in [0.15, 0.2) is 11.6 Å². The lowest BCUT2D eigenvalue weighted by atomic mass is 10.2. The molecule has 0 unspecified atom stereocenters. The van der Waals surface area contributed by atoms with E-state index in [0.717, 1.165) is 6.42 Å². The summed E-state index contributed by atoms with van der Waals surface area (Å²) in [5.74, 6) is 2.17. The number of hydrogen-bond acceptors (Lipinski definition) is 5. The van der Waals surface area contributed by atoms with Gasteiger partial charge in [0, 0.05) is 11.6 Å². The van der Waals surface area contributed by atoms with Crippen LogP contribution in [-0.2, 0) is 0 Å². The molecule has 6 nitrogen and oxygen atoms in total. The maximum Gasteiger partial charge on any atom is 0.151 e. The SMILES string of the molecule is CCCOc1ccc(C=Nn2c(C)nnc2C)c(O)c1. The molecule has 1 aromatic heterocycles. The predicted molar refractivity (Wildman–Crippen MR) is 76.4 cm³/mol. The van der Waals surface area contributed by atoms with Crippen molar-refractivity contribution in [2.75, 3.05) is 6.61 Å². The van der Waals surface area contributed by atoms with Crippen LogP contribution >= 0.6 is 0 Å². The molecule has 0 radical (unpaired) electrons. The Balaban J connectivity index is 2.18. The van der Waals surface area contributed by atoms with E-state index in [0.29, 0.717) is 29.6 Å². The van der Waals surface area contributed by atoms with Crippen LogP contribution < -0.4 is 4.74 Å². The van der Waals surface area contributed by atoms with Crippen molar-refractivity contribution in [3.05, 3.63) is 35.4 Å². The van der Waals surface area contributed by atoms with E-state index in [2.05, 4.69) is 15.3 Å². The van der Waals surface area contributed by atoms with Gasteiger partial charge in [0.1, 0.15) is 11.5 Å². The van der Waals surface area contributed by atoms with Crippen molar-refractivity contribution < 1.29 is 9.84 Å². The number of aromatic hydroxyl groups is 1. The first kappa shape index (κ1) is 14.0. The second-order valence-corrected chi connectivity index (χ2v) is 4.42. The Morgan fingerprint density at radius 1 is 1.30 bits per heavy atom. The van der Waals surface area contributed by atoms with Gasteiger partial charge in [0.25, 0.3) is 0 Å². The Morgan fingerprint density at radius 2 is 2.00 bits per heavy atom. The largest absolute Gasteiger partial charge is 0.507 e. The van der Waals surface area contributed by atoms with Crippen LogP contribution in [0.25, 0.3) is 0 Å². The minimum absolute atomic E-state index is 0.130. The van der Waals surface area contributed by atoms with Gasteiger partial charge in [-0.2, -0.15) is 5.10 Å². The third-order valence-electron chi connectivity index (χ3n) is 2.74. The smallest absolute Gasteiger partial charge is 0.151 e. The molecule has 0 spiro atoms. The van der Waals surface area contributed by atoms with E-state index in [1.807, 2.05) is 26.8 Å². The topological polar surface area (TPSA) is 72.5 Å². The minimum atomic E-state index is 0.130. The summed E-state index contributed by atoms with van der Waals surface area (Å²) in [4.78, 5) is 0. The summed E-state index contributed by atoms with van der Waals surface area (Å²) in [6.45, 7) is 6.30. The fourth-order valence-electron chi connectivity index (χ4n) is 1.69. The molecular formula is C14H18N4O2. The highest BCUT2D eigenvalue weighted by Crippen LogP contribution is 2.22. The first-order valence-electron chi connectivity index (χ1n) is 6.50. The van der Waals surface area contributed by atoms with Crippen LogP contribution in [-0.4, -0.2) is 32.8 Å². The number of aryl methyl sites for hydroxylation is 2. The average Bonchev–Trinajstić information content (AvgIpc) is 2.75. The molecule has 1 N–H and O–H groups in total. The lowest BCUT2D eigenvalue weighted by molar-refractivity contribution is 0.315. The second kappa shape index (κ2) is 6.18. The molecule has 1 heterocycles. The third-order valence-corrected chi connectivity index (χ3v) is 2.74. The van der Waals surface area contributed by atoms with E-state index in [1.54, 1.807) is 23.0 Å². The van der Waals surface area contributed by atoms with Crippen LogP contribution in [0, 0.1) is 13.8 Å². The van der Waals surface area contributed by atoms with Gasteiger partial charge in [0.05, 0.1) is 12.8 Å². The average molecular weight is 274 g/mol. The highest BCUT2D eigenvalue weighted by Gasteiger charge is 2.04. The maximum atomic E-state index is 9.95. The van der Waals surface area contributed by atoms with E-state index >= 15 is 0 Å². The molecule has 0 bridgehead atoms. The number of phenols is 1. The zero-order chi connectivity index (χ0) is 14.5. The van der Waals surface area contributed by atoms with Crippen LogP contribution in [0.15, 0.2) is 23.3 Å². The molecule has 0 aliphatic rings. The number of rotatable bonds is 5. The van der Waals surface area contributed by atoms with E-state index in [-0.39, 0.29) is 5.75 Å². The number of aromatic nitrogens is 3. The molecule has 0 saturated carbocycles. The second-order valence-electron chi connectivity index (χ2n) is 4.42. The molecule has 6 heteroatoms. The van der Waals surface area contributed by atoms with Crippen molar-refractivity contribution in [2.45, 2.75) is 27.2 Å². The highest BCUT2D eigenvalue weighted by molar-refractivity contribution is 5.83. The van der Waals surface area contributed by atoms with E-state index in [9.17, 15) is 5.11 Å². The monoisotopic (exact) mass is 274 g/mol. The van der Waals surface area contributed by atoms with Gasteiger partial charge in [-0.15, -0.1) is 10.2 Å². The van der Waals surface area contributed by atoms with Crippen molar-refractivity contribution in [3.63, 3.8) is 0 Å². The van der Waals surface area contributed by atoms with Crippen LogP contribution in [0.3, 0.4) is 0 Å². The van der Waals surface area contributed by atoms with E-state index < -0.39 is 0 Å². The summed E-state index contributed by atoms with van der Waals surface area (Å²) >= 11 is 0.